The second-order valence-electron chi connectivity index (χ2n) is 10.6. The molecule has 0 bridgehead atoms. The van der Waals surface area contributed by atoms with Gasteiger partial charge in [-0.15, -0.1) is 0 Å². The Labute approximate surface area is 229 Å². The van der Waals surface area contributed by atoms with Gasteiger partial charge in [-0.3, -0.25) is 10.1 Å². The van der Waals surface area contributed by atoms with Crippen LogP contribution in [0.4, 0.5) is 5.69 Å². The monoisotopic (exact) mass is 523 g/mol. The predicted molar refractivity (Wildman–Crippen MR) is 159 cm³/mol. The van der Waals surface area contributed by atoms with Gasteiger partial charge in [-0.2, -0.15) is 5.10 Å². The van der Waals surface area contributed by atoms with Gasteiger partial charge in [-0.1, -0.05) is 33.1 Å². The molecule has 1 aliphatic rings. The van der Waals surface area contributed by atoms with E-state index >= 15 is 0 Å². The summed E-state index contributed by atoms with van der Waals surface area (Å²) in [6.07, 6.45) is 8.39. The molecule has 1 saturated heterocycles. The zero-order valence-electron chi connectivity index (χ0n) is 23.3. The summed E-state index contributed by atoms with van der Waals surface area (Å²) in [5.74, 6) is 1.21. The minimum atomic E-state index is 0.528. The van der Waals surface area contributed by atoms with Crippen molar-refractivity contribution in [2.24, 2.45) is 5.92 Å². The number of nitrogens with one attached hydrogen (secondary N) is 3. The van der Waals surface area contributed by atoms with E-state index in [2.05, 4.69) is 69.3 Å². The number of piperazine rings is 1. The Morgan fingerprint density at radius 2 is 1.95 bits per heavy atom. The summed E-state index contributed by atoms with van der Waals surface area (Å²) in [5.41, 5.74) is 8.82. The minimum absolute atomic E-state index is 0.528. The summed E-state index contributed by atoms with van der Waals surface area (Å²) in [7, 11) is 2.16. The lowest BCUT2D eigenvalue weighted by molar-refractivity contribution is 0.207. The molecule has 4 aromatic rings. The van der Waals surface area contributed by atoms with Crippen LogP contribution in [-0.4, -0.2) is 73.2 Å². The standard InChI is InChI=1S/C30H37N9/c1-7-8-26(39-13-11-38(6)12-14-39)27-21(5)33-30(35-27)29-28-25(36-37-29)10-9-24(34-28)22-16-23(18-31-17-22)32-20(4)15-19(2)3/h7-10,16-19,32H,1,4,11-15H2,2-3,5-6H3,(H,33,35)(H,36,37)/b26-8+. The van der Waals surface area contributed by atoms with Crippen molar-refractivity contribution >= 4 is 22.4 Å². The molecule has 0 saturated carbocycles. The number of hydrogen-bond acceptors (Lipinski definition) is 7. The maximum Gasteiger partial charge on any atom is 0.161 e. The van der Waals surface area contributed by atoms with E-state index in [1.807, 2.05) is 43.5 Å². The number of rotatable bonds is 9. The van der Waals surface area contributed by atoms with Crippen molar-refractivity contribution < 1.29 is 0 Å². The van der Waals surface area contributed by atoms with Crippen LogP contribution in [0.3, 0.4) is 0 Å². The molecule has 3 N–H and O–H groups in total. The lowest BCUT2D eigenvalue weighted by atomic mass is 10.1. The fourth-order valence-corrected chi connectivity index (χ4v) is 4.94. The zero-order chi connectivity index (χ0) is 27.5. The average Bonchev–Trinajstić information content (AvgIpc) is 3.50. The number of H-pyrrole nitrogens is 2. The Morgan fingerprint density at radius 3 is 2.69 bits per heavy atom. The van der Waals surface area contributed by atoms with Gasteiger partial charge < -0.3 is 20.1 Å². The van der Waals surface area contributed by atoms with Gasteiger partial charge in [-0.25, -0.2) is 9.97 Å². The third-order valence-electron chi connectivity index (χ3n) is 6.89. The maximum absolute atomic E-state index is 5.01. The molecule has 0 spiro atoms. The molecule has 0 aliphatic carbocycles. The second-order valence-corrected chi connectivity index (χ2v) is 10.6. The average molecular weight is 524 g/mol. The molecule has 39 heavy (non-hydrogen) atoms. The summed E-state index contributed by atoms with van der Waals surface area (Å²) in [4.78, 5) is 22.6. The Kier molecular flexibility index (Phi) is 7.60. The molecular weight excluding hydrogens is 486 g/mol. The van der Waals surface area contributed by atoms with E-state index in [1.54, 1.807) is 6.20 Å². The molecule has 1 aliphatic heterocycles. The van der Waals surface area contributed by atoms with E-state index in [4.69, 9.17) is 9.97 Å². The minimum Gasteiger partial charge on any atom is -0.367 e. The van der Waals surface area contributed by atoms with Crippen LogP contribution >= 0.6 is 0 Å². The van der Waals surface area contributed by atoms with Gasteiger partial charge in [0.25, 0.3) is 0 Å². The number of aryl methyl sites for hydroxylation is 1. The largest absolute Gasteiger partial charge is 0.367 e. The van der Waals surface area contributed by atoms with Crippen LogP contribution in [0.15, 0.2) is 61.6 Å². The highest BCUT2D eigenvalue weighted by molar-refractivity contribution is 5.89. The molecule has 0 radical (unpaired) electrons. The first kappa shape index (κ1) is 26.4. The Balaban J connectivity index is 1.46. The van der Waals surface area contributed by atoms with E-state index in [9.17, 15) is 0 Å². The van der Waals surface area contributed by atoms with Crippen LogP contribution < -0.4 is 5.32 Å². The number of pyridine rings is 2. The smallest absolute Gasteiger partial charge is 0.161 e. The third-order valence-corrected chi connectivity index (χ3v) is 6.89. The third kappa shape index (κ3) is 5.78. The molecule has 0 aromatic carbocycles. The highest BCUT2D eigenvalue weighted by Gasteiger charge is 2.23. The van der Waals surface area contributed by atoms with E-state index < -0.39 is 0 Å². The van der Waals surface area contributed by atoms with Gasteiger partial charge in [0, 0.05) is 49.3 Å². The van der Waals surface area contributed by atoms with Crippen molar-refractivity contribution in [1.82, 2.24) is 39.9 Å². The number of likely N-dealkylation sites (N-methyl/N-ethyl adjacent to an activating group) is 1. The van der Waals surface area contributed by atoms with Crippen LogP contribution in [0.25, 0.3) is 39.5 Å². The second kappa shape index (κ2) is 11.2. The van der Waals surface area contributed by atoms with Crippen LogP contribution in [-0.2, 0) is 0 Å². The summed E-state index contributed by atoms with van der Waals surface area (Å²) in [5, 5.41) is 11.1. The van der Waals surface area contributed by atoms with Crippen molar-refractivity contribution in [3.63, 3.8) is 0 Å². The molecule has 5 rings (SSSR count). The van der Waals surface area contributed by atoms with Crippen LogP contribution in [0, 0.1) is 12.8 Å². The van der Waals surface area contributed by atoms with Gasteiger partial charge in [0.05, 0.1) is 28.8 Å². The molecule has 0 atom stereocenters. The number of imidazole rings is 1. The molecule has 0 unspecified atom stereocenters. The number of hydrogen-bond donors (Lipinski definition) is 3. The fraction of sp³-hybridized carbons (Fsp3) is 0.333. The van der Waals surface area contributed by atoms with Crippen LogP contribution in [0.5, 0.6) is 0 Å². The van der Waals surface area contributed by atoms with Gasteiger partial charge >= 0.3 is 0 Å². The SMILES string of the molecule is C=C/C=C(\c1nc(-c2n[nH]c3ccc(-c4cncc(NC(=C)CC(C)C)c4)nc23)[nH]c1C)N1CCN(C)CC1. The van der Waals surface area contributed by atoms with Crippen molar-refractivity contribution in [3.05, 3.63) is 73.0 Å². The van der Waals surface area contributed by atoms with E-state index in [0.29, 0.717) is 17.4 Å². The van der Waals surface area contributed by atoms with Crippen molar-refractivity contribution in [1.29, 1.82) is 0 Å². The summed E-state index contributed by atoms with van der Waals surface area (Å²) in [6, 6.07) is 6.02. The molecule has 4 aromatic heterocycles. The Hall–Kier alpha value is -4.24. The highest BCUT2D eigenvalue weighted by Crippen LogP contribution is 2.30. The lowest BCUT2D eigenvalue weighted by Gasteiger charge is -2.35. The van der Waals surface area contributed by atoms with Gasteiger partial charge in [0.15, 0.2) is 11.5 Å². The fourth-order valence-electron chi connectivity index (χ4n) is 4.94. The highest BCUT2D eigenvalue weighted by atomic mass is 15.3. The van der Waals surface area contributed by atoms with Gasteiger partial charge in [0.2, 0.25) is 0 Å². The maximum atomic E-state index is 5.01. The van der Waals surface area contributed by atoms with E-state index in [0.717, 1.165) is 83.4 Å². The van der Waals surface area contributed by atoms with E-state index in [-0.39, 0.29) is 0 Å². The molecule has 0 amide bonds. The number of allylic oxidation sites excluding steroid dienone is 3. The van der Waals surface area contributed by atoms with Gasteiger partial charge in [0.1, 0.15) is 11.2 Å². The Bertz CT molecular complexity index is 1520. The number of anilines is 1. The molecule has 5 heterocycles. The number of nitrogens with zero attached hydrogens (tertiary/aromatic N) is 6. The first-order valence-electron chi connectivity index (χ1n) is 13.4. The summed E-state index contributed by atoms with van der Waals surface area (Å²) in [6.45, 7) is 18.4. The molecule has 9 heteroatoms. The first-order valence-corrected chi connectivity index (χ1v) is 13.4. The van der Waals surface area contributed by atoms with Crippen LogP contribution in [0.1, 0.15) is 31.7 Å². The predicted octanol–water partition coefficient (Wildman–Crippen LogP) is 5.46. The first-order chi connectivity index (χ1) is 18.8. The summed E-state index contributed by atoms with van der Waals surface area (Å²) >= 11 is 0. The number of fused-ring (bicyclic) bond motifs is 1. The molecular formula is C30H37N9. The van der Waals surface area contributed by atoms with E-state index in [1.165, 1.54) is 0 Å². The normalized spacial score (nSPS) is 14.8. The molecule has 202 valence electrons. The molecule has 9 nitrogen and oxygen atoms in total. The van der Waals surface area contributed by atoms with Crippen molar-refractivity contribution in [2.45, 2.75) is 27.2 Å². The lowest BCUT2D eigenvalue weighted by Crippen LogP contribution is -2.43. The van der Waals surface area contributed by atoms with Crippen molar-refractivity contribution in [3.8, 4) is 22.8 Å². The van der Waals surface area contributed by atoms with Crippen LogP contribution in [0.2, 0.25) is 0 Å². The number of aromatic amines is 2. The zero-order valence-corrected chi connectivity index (χ0v) is 23.3. The quantitative estimate of drug-likeness (QED) is 0.250. The number of aromatic nitrogens is 6. The molecule has 1 fully saturated rings. The summed E-state index contributed by atoms with van der Waals surface area (Å²) < 4.78 is 0. The topological polar surface area (TPSA) is 102 Å². The van der Waals surface area contributed by atoms with Crippen molar-refractivity contribution in [2.75, 3.05) is 38.5 Å². The van der Waals surface area contributed by atoms with Gasteiger partial charge in [-0.05, 0) is 50.6 Å². The Morgan fingerprint density at radius 1 is 1.15 bits per heavy atom.